The first kappa shape index (κ1) is 34.8. The van der Waals surface area contributed by atoms with E-state index in [0.29, 0.717) is 16.0 Å². The molecule has 1 aromatic heterocycles. The van der Waals surface area contributed by atoms with Crippen LogP contribution in [-0.2, 0) is 30.8 Å². The van der Waals surface area contributed by atoms with Gasteiger partial charge >= 0.3 is 12.3 Å². The number of halogens is 4. The number of hydrogen-bond donors (Lipinski definition) is 3. The van der Waals surface area contributed by atoms with Crippen LogP contribution in [0.4, 0.5) is 28.0 Å². The average Bonchev–Trinajstić information content (AvgIpc) is 3.75. The number of carbonyl (C=O) groups excluding carboxylic acids is 3. The Morgan fingerprint density at radius 3 is 2.40 bits per heavy atom. The largest absolute Gasteiger partial charge is 0.444 e. The van der Waals surface area contributed by atoms with Gasteiger partial charge in [-0.1, -0.05) is 42.5 Å². The molecule has 1 fully saturated rings. The summed E-state index contributed by atoms with van der Waals surface area (Å²) < 4.78 is 85.7. The second kappa shape index (κ2) is 14.7. The highest BCUT2D eigenvalue weighted by molar-refractivity contribution is 7.92. The number of aromatic nitrogens is 1. The van der Waals surface area contributed by atoms with E-state index in [1.807, 2.05) is 30.3 Å². The van der Waals surface area contributed by atoms with E-state index in [0.717, 1.165) is 35.8 Å². The summed E-state index contributed by atoms with van der Waals surface area (Å²) in [6.45, 7) is -0.469. The van der Waals surface area contributed by atoms with Crippen LogP contribution in [0.25, 0.3) is 21.3 Å². The van der Waals surface area contributed by atoms with Gasteiger partial charge in [0.2, 0.25) is 11.8 Å². The number of anilines is 1. The fourth-order valence-corrected chi connectivity index (χ4v) is 7.80. The van der Waals surface area contributed by atoms with Crippen LogP contribution in [-0.4, -0.2) is 55.8 Å². The fourth-order valence-electron chi connectivity index (χ4n) is 4.70. The highest BCUT2D eigenvalue weighted by atomic mass is 32.2. The first-order valence-corrected chi connectivity index (χ1v) is 17.3. The summed E-state index contributed by atoms with van der Waals surface area (Å²) in [6.07, 6.45) is -5.88. The predicted molar refractivity (Wildman–Crippen MR) is 171 cm³/mol. The van der Waals surface area contributed by atoms with Gasteiger partial charge in [0.15, 0.2) is 15.1 Å². The summed E-state index contributed by atoms with van der Waals surface area (Å²) in [5.74, 6) is -3.35. The van der Waals surface area contributed by atoms with Gasteiger partial charge in [0.05, 0.1) is 22.5 Å². The van der Waals surface area contributed by atoms with Gasteiger partial charge in [-0.05, 0) is 48.6 Å². The number of fused-ring (bicyclic) bond motifs is 1. The van der Waals surface area contributed by atoms with Crippen LogP contribution in [0.15, 0.2) is 66.7 Å². The summed E-state index contributed by atoms with van der Waals surface area (Å²) in [4.78, 5) is 41.7. The Bertz CT molecular complexity index is 1900. The van der Waals surface area contributed by atoms with Crippen LogP contribution >= 0.6 is 11.3 Å². The zero-order valence-corrected chi connectivity index (χ0v) is 26.8. The number of amides is 3. The number of carbonyl (C=O) groups is 3. The van der Waals surface area contributed by atoms with Crippen LogP contribution in [0.1, 0.15) is 41.5 Å². The molecule has 10 nitrogen and oxygen atoms in total. The van der Waals surface area contributed by atoms with Crippen LogP contribution in [0.3, 0.4) is 0 Å². The minimum Gasteiger partial charge on any atom is -0.444 e. The minimum absolute atomic E-state index is 0.0152. The first-order valence-electron chi connectivity index (χ1n) is 14.8. The van der Waals surface area contributed by atoms with Gasteiger partial charge in [-0.25, -0.2) is 22.6 Å². The Morgan fingerprint density at radius 1 is 1.02 bits per heavy atom. The molecule has 1 atom stereocenters. The Hall–Kier alpha value is -4.57. The van der Waals surface area contributed by atoms with Crippen molar-refractivity contribution in [3.05, 3.63) is 83.1 Å². The van der Waals surface area contributed by atoms with Crippen LogP contribution in [0.2, 0.25) is 0 Å². The maximum atomic E-state index is 15.3. The third-order valence-electron chi connectivity index (χ3n) is 7.23. The number of nitrogens with one attached hydrogen (secondary N) is 3. The van der Waals surface area contributed by atoms with Crippen molar-refractivity contribution in [2.24, 2.45) is 0 Å². The van der Waals surface area contributed by atoms with E-state index in [2.05, 4.69) is 20.9 Å². The number of sulfone groups is 1. The molecule has 1 heterocycles. The normalized spacial score (nSPS) is 13.9. The molecule has 0 aliphatic heterocycles. The summed E-state index contributed by atoms with van der Waals surface area (Å²) in [7, 11) is -4.54. The summed E-state index contributed by atoms with van der Waals surface area (Å²) in [5.41, 5.74) is 1.74. The molecular weight excluding hydrogens is 677 g/mol. The Morgan fingerprint density at radius 2 is 1.73 bits per heavy atom. The lowest BCUT2D eigenvalue weighted by Crippen LogP contribution is -2.41. The fraction of sp³-hybridized carbons (Fsp3) is 0.312. The standard InChI is InChI=1S/C32H30F4N4O6S2/c33-24-16-25-26(15-23(24)20-7-9-22(10-8-20)39-31(43)46-18-19-5-2-1-3-6-19)47-30(40-25)28(48(44,45)14-4-13-32(34,35)36)29(42)37-17-27(41)38-21-11-12-21/h1-3,5-10,15-16,21,28H,4,11-14,17-18H2,(H,37,42)(H,38,41)(H,39,43). The lowest BCUT2D eigenvalue weighted by Gasteiger charge is -2.16. The molecule has 1 aliphatic rings. The quantitative estimate of drug-likeness (QED) is 0.144. The Kier molecular flexibility index (Phi) is 10.6. The van der Waals surface area contributed by atoms with Gasteiger partial charge in [-0.15, -0.1) is 11.3 Å². The Labute approximate surface area is 276 Å². The number of rotatable bonds is 13. The molecular formula is C32H30F4N4O6S2. The maximum Gasteiger partial charge on any atom is 0.411 e. The van der Waals surface area contributed by atoms with Crippen LogP contribution in [0, 0.1) is 5.82 Å². The van der Waals surface area contributed by atoms with Crippen molar-refractivity contribution in [2.75, 3.05) is 17.6 Å². The van der Waals surface area contributed by atoms with Crippen molar-refractivity contribution in [1.82, 2.24) is 15.6 Å². The molecule has 254 valence electrons. The molecule has 3 aromatic carbocycles. The molecule has 16 heteroatoms. The maximum absolute atomic E-state index is 15.3. The van der Waals surface area contributed by atoms with Gasteiger partial charge in [0.25, 0.3) is 0 Å². The summed E-state index contributed by atoms with van der Waals surface area (Å²) in [5, 5.41) is 5.19. The molecule has 0 bridgehead atoms. The highest BCUT2D eigenvalue weighted by Crippen LogP contribution is 2.36. The first-order chi connectivity index (χ1) is 22.8. The third-order valence-corrected chi connectivity index (χ3v) is 10.5. The van der Waals surface area contributed by atoms with Gasteiger partial charge in [0, 0.05) is 29.8 Å². The highest BCUT2D eigenvalue weighted by Gasteiger charge is 2.38. The number of nitrogens with zero attached hydrogens (tertiary/aromatic N) is 1. The van der Waals surface area contributed by atoms with Gasteiger partial charge in [-0.2, -0.15) is 13.2 Å². The van der Waals surface area contributed by atoms with E-state index < -0.39 is 70.1 Å². The number of alkyl halides is 3. The SMILES string of the molecule is O=C(CNC(=O)C(c1nc2cc(F)c(-c3ccc(NC(=O)OCc4ccccc4)cc3)cc2s1)S(=O)(=O)CCCC(F)(F)F)NC1CC1. The van der Waals surface area contributed by atoms with Crippen molar-refractivity contribution in [3.8, 4) is 11.1 Å². The second-order valence-electron chi connectivity index (χ2n) is 11.1. The molecule has 48 heavy (non-hydrogen) atoms. The lowest BCUT2D eigenvalue weighted by molar-refractivity contribution is -0.134. The number of thiazole rings is 1. The predicted octanol–water partition coefficient (Wildman–Crippen LogP) is 6.04. The molecule has 0 spiro atoms. The Balaban J connectivity index is 1.34. The van der Waals surface area contributed by atoms with E-state index >= 15 is 4.39 Å². The smallest absolute Gasteiger partial charge is 0.411 e. The van der Waals surface area contributed by atoms with Crippen molar-refractivity contribution >= 4 is 55.0 Å². The second-order valence-corrected chi connectivity index (χ2v) is 14.4. The number of ether oxygens (including phenoxy) is 1. The number of benzene rings is 3. The van der Waals surface area contributed by atoms with Crippen molar-refractivity contribution in [1.29, 1.82) is 0 Å². The topological polar surface area (TPSA) is 144 Å². The van der Waals surface area contributed by atoms with E-state index in [9.17, 15) is 36.0 Å². The molecule has 3 amide bonds. The van der Waals surface area contributed by atoms with Gasteiger partial charge < -0.3 is 15.4 Å². The summed E-state index contributed by atoms with van der Waals surface area (Å²) in [6, 6.07) is 17.7. The third kappa shape index (κ3) is 9.50. The zero-order chi connectivity index (χ0) is 34.5. The van der Waals surface area contributed by atoms with E-state index in [-0.39, 0.29) is 28.7 Å². The molecule has 4 aromatic rings. The van der Waals surface area contributed by atoms with Gasteiger partial charge in [0.1, 0.15) is 17.4 Å². The van der Waals surface area contributed by atoms with Crippen LogP contribution in [0.5, 0.6) is 0 Å². The number of hydrogen-bond acceptors (Lipinski definition) is 8. The van der Waals surface area contributed by atoms with Crippen molar-refractivity contribution < 1.29 is 45.1 Å². The molecule has 1 saturated carbocycles. The van der Waals surface area contributed by atoms with E-state index in [1.54, 1.807) is 12.1 Å². The minimum atomic E-state index is -4.60. The van der Waals surface area contributed by atoms with Crippen LogP contribution < -0.4 is 16.0 Å². The van der Waals surface area contributed by atoms with Crippen molar-refractivity contribution in [3.63, 3.8) is 0 Å². The van der Waals surface area contributed by atoms with Crippen molar-refractivity contribution in [2.45, 2.75) is 49.8 Å². The molecule has 5 rings (SSSR count). The molecule has 3 N–H and O–H groups in total. The molecule has 1 aliphatic carbocycles. The molecule has 0 radical (unpaired) electrons. The zero-order valence-electron chi connectivity index (χ0n) is 25.2. The molecule has 1 unspecified atom stereocenters. The summed E-state index contributed by atoms with van der Waals surface area (Å²) >= 11 is 0.773. The average molecular weight is 707 g/mol. The van der Waals surface area contributed by atoms with E-state index in [1.165, 1.54) is 18.2 Å². The molecule has 0 saturated heterocycles. The lowest BCUT2D eigenvalue weighted by atomic mass is 10.0. The van der Waals surface area contributed by atoms with Gasteiger partial charge in [-0.3, -0.25) is 14.9 Å². The van der Waals surface area contributed by atoms with E-state index in [4.69, 9.17) is 4.74 Å². The monoisotopic (exact) mass is 706 g/mol.